The van der Waals surface area contributed by atoms with Crippen molar-refractivity contribution in [1.29, 1.82) is 0 Å². The number of nitrogens with zero attached hydrogens (tertiary/aromatic N) is 2. The summed E-state index contributed by atoms with van der Waals surface area (Å²) in [4.78, 5) is 30.5. The van der Waals surface area contributed by atoms with Crippen molar-refractivity contribution in [3.8, 4) is 0 Å². The molecule has 0 bridgehead atoms. The molecule has 0 aliphatic rings. The molecular weight excluding hydrogens is 350 g/mol. The minimum atomic E-state index is -0.229. The summed E-state index contributed by atoms with van der Waals surface area (Å²) in [6.45, 7) is 4.44. The first-order chi connectivity index (χ1) is 13.5. The highest BCUT2D eigenvalue weighted by Gasteiger charge is 2.16. The summed E-state index contributed by atoms with van der Waals surface area (Å²) in [5.74, 6) is -0.0387. The minimum absolute atomic E-state index is 0.0387. The van der Waals surface area contributed by atoms with Crippen molar-refractivity contribution in [2.24, 2.45) is 0 Å². The van der Waals surface area contributed by atoms with Crippen LogP contribution in [0.2, 0.25) is 0 Å². The average Bonchev–Trinajstić information content (AvgIpc) is 2.70. The van der Waals surface area contributed by atoms with Gasteiger partial charge in [0.05, 0.1) is 0 Å². The van der Waals surface area contributed by atoms with E-state index in [0.29, 0.717) is 24.3 Å². The lowest BCUT2D eigenvalue weighted by atomic mass is 10.1. The van der Waals surface area contributed by atoms with Crippen LogP contribution in [0.15, 0.2) is 73.1 Å². The second kappa shape index (κ2) is 8.95. The number of urea groups is 1. The van der Waals surface area contributed by atoms with Gasteiger partial charge >= 0.3 is 6.03 Å². The smallest absolute Gasteiger partial charge is 0.316 e. The van der Waals surface area contributed by atoms with Crippen LogP contribution in [0.5, 0.6) is 0 Å². The Balaban J connectivity index is 1.82. The van der Waals surface area contributed by atoms with Crippen LogP contribution >= 0.6 is 0 Å². The van der Waals surface area contributed by atoms with Crippen molar-refractivity contribution < 1.29 is 9.59 Å². The molecule has 0 aliphatic carbocycles. The first kappa shape index (κ1) is 19.3. The van der Waals surface area contributed by atoms with Crippen LogP contribution in [0.1, 0.15) is 34.0 Å². The zero-order valence-corrected chi connectivity index (χ0v) is 16.1. The third kappa shape index (κ3) is 5.04. The molecule has 0 atom stereocenters. The van der Waals surface area contributed by atoms with Crippen LogP contribution in [0, 0.1) is 6.92 Å². The number of ketones is 1. The van der Waals surface area contributed by atoms with Crippen LogP contribution in [0.4, 0.5) is 10.5 Å². The normalized spacial score (nSPS) is 10.4. The lowest BCUT2D eigenvalue weighted by Gasteiger charge is -2.24. The Labute approximate surface area is 165 Å². The fraction of sp³-hybridized carbons (Fsp3) is 0.174. The maximum absolute atomic E-state index is 13.0. The molecule has 0 saturated heterocycles. The topological polar surface area (TPSA) is 62.3 Å². The third-order valence-electron chi connectivity index (χ3n) is 4.53. The number of carbonyl (C=O) groups is 2. The highest BCUT2D eigenvalue weighted by molar-refractivity contribution is 5.96. The molecule has 5 heteroatoms. The van der Waals surface area contributed by atoms with E-state index in [0.717, 1.165) is 16.7 Å². The van der Waals surface area contributed by atoms with E-state index in [1.54, 1.807) is 41.6 Å². The number of carbonyl (C=O) groups excluding carboxylic acids is 2. The molecule has 3 rings (SSSR count). The van der Waals surface area contributed by atoms with Gasteiger partial charge in [0.15, 0.2) is 5.78 Å². The summed E-state index contributed by atoms with van der Waals surface area (Å²) < 4.78 is 0. The van der Waals surface area contributed by atoms with Gasteiger partial charge in [-0.3, -0.25) is 9.78 Å². The van der Waals surface area contributed by atoms with Gasteiger partial charge in [-0.15, -0.1) is 0 Å². The number of benzene rings is 2. The maximum Gasteiger partial charge on any atom is 0.322 e. The number of hydrogen-bond acceptors (Lipinski definition) is 3. The predicted molar refractivity (Wildman–Crippen MR) is 110 cm³/mol. The highest BCUT2D eigenvalue weighted by Crippen LogP contribution is 2.16. The minimum Gasteiger partial charge on any atom is -0.316 e. The number of hydrogen-bond donors (Lipinski definition) is 1. The Bertz CT molecular complexity index is 970. The van der Waals surface area contributed by atoms with E-state index in [4.69, 9.17) is 0 Å². The van der Waals surface area contributed by atoms with Crippen molar-refractivity contribution in [2.45, 2.75) is 26.9 Å². The molecule has 0 fully saturated rings. The van der Waals surface area contributed by atoms with Gasteiger partial charge in [0, 0.05) is 36.7 Å². The fourth-order valence-corrected chi connectivity index (χ4v) is 2.92. The van der Waals surface area contributed by atoms with Crippen LogP contribution in [-0.4, -0.2) is 21.7 Å². The number of pyridine rings is 1. The Kier molecular flexibility index (Phi) is 6.17. The monoisotopic (exact) mass is 373 g/mol. The molecule has 1 N–H and O–H groups in total. The van der Waals surface area contributed by atoms with Gasteiger partial charge in [0.25, 0.3) is 0 Å². The molecule has 0 aliphatic heterocycles. The molecule has 3 aromatic rings. The van der Waals surface area contributed by atoms with Crippen LogP contribution in [0.3, 0.4) is 0 Å². The van der Waals surface area contributed by atoms with Crippen molar-refractivity contribution >= 4 is 17.5 Å². The van der Waals surface area contributed by atoms with Gasteiger partial charge in [-0.2, -0.15) is 0 Å². The fourth-order valence-electron chi connectivity index (χ4n) is 2.92. The number of anilines is 1. The van der Waals surface area contributed by atoms with Gasteiger partial charge in [0.1, 0.15) is 0 Å². The number of rotatable bonds is 6. The molecule has 0 unspecified atom stereocenters. The summed E-state index contributed by atoms with van der Waals surface area (Å²) in [5, 5.41) is 2.91. The van der Waals surface area contributed by atoms with Gasteiger partial charge in [-0.05, 0) is 48.7 Å². The molecule has 28 heavy (non-hydrogen) atoms. The van der Waals surface area contributed by atoms with Crippen molar-refractivity contribution in [3.05, 3.63) is 95.3 Å². The van der Waals surface area contributed by atoms with Gasteiger partial charge in [-0.1, -0.05) is 42.5 Å². The van der Waals surface area contributed by atoms with Crippen LogP contribution in [0.25, 0.3) is 0 Å². The summed E-state index contributed by atoms with van der Waals surface area (Å²) in [6, 6.07) is 18.6. The zero-order valence-electron chi connectivity index (χ0n) is 16.1. The highest BCUT2D eigenvalue weighted by atomic mass is 16.2. The number of nitrogens with one attached hydrogen (secondary N) is 1. The molecule has 0 spiro atoms. The van der Waals surface area contributed by atoms with E-state index in [1.807, 2.05) is 43.3 Å². The maximum atomic E-state index is 13.0. The predicted octanol–water partition coefficient (Wildman–Crippen LogP) is 4.83. The average molecular weight is 373 g/mol. The second-order valence-electron chi connectivity index (χ2n) is 6.71. The molecule has 1 heterocycles. The van der Waals surface area contributed by atoms with E-state index in [1.165, 1.54) is 6.92 Å². The molecule has 2 aromatic carbocycles. The standard InChI is InChI=1S/C23H23N3O2/c1-17-7-3-4-9-21(17)16-26(15-19-8-6-12-24-14-19)23(28)25-22-11-5-10-20(13-22)18(2)27/h3-14H,15-16H2,1-2H3,(H,25,28). The Hall–Kier alpha value is -3.47. The van der Waals surface area contributed by atoms with Gasteiger partial charge in [-0.25, -0.2) is 4.79 Å². The van der Waals surface area contributed by atoms with E-state index in [9.17, 15) is 9.59 Å². The Morgan fingerprint density at radius 3 is 2.54 bits per heavy atom. The summed E-state index contributed by atoms with van der Waals surface area (Å²) in [7, 11) is 0. The lowest BCUT2D eigenvalue weighted by molar-refractivity contribution is 0.101. The van der Waals surface area contributed by atoms with Crippen molar-refractivity contribution in [1.82, 2.24) is 9.88 Å². The SMILES string of the molecule is CC(=O)c1cccc(NC(=O)N(Cc2cccnc2)Cc2ccccc2C)c1. The summed E-state index contributed by atoms with van der Waals surface area (Å²) >= 11 is 0. The Morgan fingerprint density at radius 2 is 1.82 bits per heavy atom. The molecule has 1 aromatic heterocycles. The number of amides is 2. The van der Waals surface area contributed by atoms with E-state index in [2.05, 4.69) is 10.3 Å². The summed E-state index contributed by atoms with van der Waals surface area (Å²) in [5.41, 5.74) is 4.32. The molecule has 2 amide bonds. The molecular formula is C23H23N3O2. The van der Waals surface area contributed by atoms with E-state index in [-0.39, 0.29) is 11.8 Å². The molecule has 0 radical (unpaired) electrons. The van der Waals surface area contributed by atoms with Gasteiger partial charge in [0.2, 0.25) is 0 Å². The van der Waals surface area contributed by atoms with E-state index < -0.39 is 0 Å². The molecule has 142 valence electrons. The first-order valence-electron chi connectivity index (χ1n) is 9.13. The summed E-state index contributed by atoms with van der Waals surface area (Å²) in [6.07, 6.45) is 3.47. The first-order valence-corrected chi connectivity index (χ1v) is 9.13. The van der Waals surface area contributed by atoms with Crippen molar-refractivity contribution in [3.63, 3.8) is 0 Å². The molecule has 0 saturated carbocycles. The quantitative estimate of drug-likeness (QED) is 0.630. The Morgan fingerprint density at radius 1 is 1.00 bits per heavy atom. The number of aryl methyl sites for hydroxylation is 1. The van der Waals surface area contributed by atoms with Crippen LogP contribution in [-0.2, 0) is 13.1 Å². The second-order valence-corrected chi connectivity index (χ2v) is 6.71. The largest absolute Gasteiger partial charge is 0.322 e. The van der Waals surface area contributed by atoms with Gasteiger partial charge < -0.3 is 10.2 Å². The number of aromatic nitrogens is 1. The van der Waals surface area contributed by atoms with E-state index >= 15 is 0 Å². The third-order valence-corrected chi connectivity index (χ3v) is 4.53. The zero-order chi connectivity index (χ0) is 19.9. The lowest BCUT2D eigenvalue weighted by Crippen LogP contribution is -2.34. The molecule has 5 nitrogen and oxygen atoms in total. The van der Waals surface area contributed by atoms with Crippen molar-refractivity contribution in [2.75, 3.05) is 5.32 Å². The van der Waals surface area contributed by atoms with Crippen LogP contribution < -0.4 is 5.32 Å². The number of Topliss-reactive ketones (excluding diaryl/α,β-unsaturated/α-hetero) is 1.